The Hall–Kier alpha value is -1.09. The topological polar surface area (TPSA) is 33.2 Å². The quantitative estimate of drug-likeness (QED) is 0.747. The van der Waals surface area contributed by atoms with E-state index in [4.69, 9.17) is 0 Å². The molecule has 76 valence electrons. The number of pyridine rings is 1. The lowest BCUT2D eigenvalue weighted by molar-refractivity contribution is -0.128. The van der Waals surface area contributed by atoms with E-state index in [2.05, 4.69) is 4.98 Å². The minimum Gasteiger partial charge on any atom is -0.338 e. The Kier molecular flexibility index (Phi) is 3.89. The average molecular weight is 213 g/mol. The third kappa shape index (κ3) is 2.45. The predicted molar refractivity (Wildman–Crippen MR) is 56.1 cm³/mol. The molecular formula is C10H13ClN2O. The number of aromatic nitrogens is 1. The number of likely N-dealkylation sites (tertiary alicyclic amines) is 1. The molecule has 0 atom stereocenters. The fraction of sp³-hybridized carbons (Fsp3) is 0.400. The minimum atomic E-state index is 0. The van der Waals surface area contributed by atoms with E-state index in [0.29, 0.717) is 13.0 Å². The first kappa shape index (κ1) is 11.0. The highest BCUT2D eigenvalue weighted by Gasteiger charge is 2.19. The van der Waals surface area contributed by atoms with Crippen LogP contribution >= 0.6 is 12.4 Å². The van der Waals surface area contributed by atoms with Crippen LogP contribution in [0.1, 0.15) is 18.4 Å². The monoisotopic (exact) mass is 212 g/mol. The zero-order valence-corrected chi connectivity index (χ0v) is 8.67. The third-order valence-electron chi connectivity index (χ3n) is 2.27. The van der Waals surface area contributed by atoms with Gasteiger partial charge in [-0.3, -0.25) is 9.78 Å². The van der Waals surface area contributed by atoms with Crippen molar-refractivity contribution in [2.24, 2.45) is 0 Å². The highest BCUT2D eigenvalue weighted by molar-refractivity contribution is 5.85. The summed E-state index contributed by atoms with van der Waals surface area (Å²) in [6.07, 6.45) is 5.26. The van der Waals surface area contributed by atoms with Gasteiger partial charge in [-0.05, 0) is 18.1 Å². The van der Waals surface area contributed by atoms with Crippen LogP contribution in [-0.4, -0.2) is 22.3 Å². The maximum atomic E-state index is 11.3. The van der Waals surface area contributed by atoms with Crippen LogP contribution in [0.5, 0.6) is 0 Å². The van der Waals surface area contributed by atoms with Gasteiger partial charge in [-0.1, -0.05) is 6.07 Å². The van der Waals surface area contributed by atoms with Crippen LogP contribution in [0.4, 0.5) is 0 Å². The standard InChI is InChI=1S/C10H12N2O.ClH/c13-10-4-2-6-12(10)8-9-3-1-5-11-7-9;/h1,3,5,7H,2,4,6,8H2;1H. The van der Waals surface area contributed by atoms with Crippen molar-refractivity contribution in [3.05, 3.63) is 30.1 Å². The summed E-state index contributed by atoms with van der Waals surface area (Å²) in [5, 5.41) is 0. The SMILES string of the molecule is Cl.O=C1CCCN1Cc1cccnc1. The Morgan fingerprint density at radius 2 is 2.36 bits per heavy atom. The van der Waals surface area contributed by atoms with Gasteiger partial charge in [-0.2, -0.15) is 0 Å². The van der Waals surface area contributed by atoms with E-state index >= 15 is 0 Å². The van der Waals surface area contributed by atoms with Crippen molar-refractivity contribution in [2.45, 2.75) is 19.4 Å². The fourth-order valence-electron chi connectivity index (χ4n) is 1.58. The molecule has 1 aromatic heterocycles. The molecule has 1 aromatic rings. The maximum Gasteiger partial charge on any atom is 0.222 e. The fourth-order valence-corrected chi connectivity index (χ4v) is 1.58. The normalized spacial score (nSPS) is 15.4. The van der Waals surface area contributed by atoms with Gasteiger partial charge in [0.2, 0.25) is 5.91 Å². The zero-order valence-electron chi connectivity index (χ0n) is 7.85. The van der Waals surface area contributed by atoms with Gasteiger partial charge in [0.25, 0.3) is 0 Å². The second kappa shape index (κ2) is 4.96. The van der Waals surface area contributed by atoms with Crippen molar-refractivity contribution in [3.8, 4) is 0 Å². The molecule has 0 saturated carbocycles. The van der Waals surface area contributed by atoms with Crippen LogP contribution in [-0.2, 0) is 11.3 Å². The molecule has 2 heterocycles. The van der Waals surface area contributed by atoms with E-state index in [1.807, 2.05) is 23.2 Å². The number of amides is 1. The molecule has 1 amide bonds. The summed E-state index contributed by atoms with van der Waals surface area (Å²) in [7, 11) is 0. The summed E-state index contributed by atoms with van der Waals surface area (Å²) in [5.74, 6) is 0.267. The molecule has 0 N–H and O–H groups in total. The highest BCUT2D eigenvalue weighted by Crippen LogP contribution is 2.12. The van der Waals surface area contributed by atoms with Gasteiger partial charge in [0.1, 0.15) is 0 Å². The van der Waals surface area contributed by atoms with Crippen molar-refractivity contribution in [3.63, 3.8) is 0 Å². The summed E-state index contributed by atoms with van der Waals surface area (Å²) in [6.45, 7) is 1.61. The van der Waals surface area contributed by atoms with E-state index in [0.717, 1.165) is 18.5 Å². The Balaban J connectivity index is 0.000000980. The minimum absolute atomic E-state index is 0. The largest absolute Gasteiger partial charge is 0.338 e. The Morgan fingerprint density at radius 3 is 2.93 bits per heavy atom. The lowest BCUT2D eigenvalue weighted by atomic mass is 10.3. The first-order valence-corrected chi connectivity index (χ1v) is 4.53. The van der Waals surface area contributed by atoms with Gasteiger partial charge in [0.15, 0.2) is 0 Å². The molecule has 1 aliphatic heterocycles. The molecule has 1 fully saturated rings. The molecule has 14 heavy (non-hydrogen) atoms. The number of halogens is 1. The van der Waals surface area contributed by atoms with Gasteiger partial charge in [-0.15, -0.1) is 12.4 Å². The molecule has 0 bridgehead atoms. The van der Waals surface area contributed by atoms with E-state index in [-0.39, 0.29) is 18.3 Å². The van der Waals surface area contributed by atoms with Crippen molar-refractivity contribution < 1.29 is 4.79 Å². The van der Waals surface area contributed by atoms with Crippen molar-refractivity contribution in [2.75, 3.05) is 6.54 Å². The van der Waals surface area contributed by atoms with E-state index < -0.39 is 0 Å². The van der Waals surface area contributed by atoms with Crippen LogP contribution in [0.3, 0.4) is 0 Å². The molecule has 0 aromatic carbocycles. The molecule has 1 aliphatic rings. The lowest BCUT2D eigenvalue weighted by Crippen LogP contribution is -2.23. The Morgan fingerprint density at radius 1 is 1.50 bits per heavy atom. The van der Waals surface area contributed by atoms with Gasteiger partial charge >= 0.3 is 0 Å². The number of carbonyl (C=O) groups excluding carboxylic acids is 1. The lowest BCUT2D eigenvalue weighted by Gasteiger charge is -2.14. The maximum absolute atomic E-state index is 11.3. The summed E-state index contributed by atoms with van der Waals surface area (Å²) in [5.41, 5.74) is 1.11. The Labute approximate surface area is 89.5 Å². The highest BCUT2D eigenvalue weighted by atomic mass is 35.5. The molecule has 0 unspecified atom stereocenters. The van der Waals surface area contributed by atoms with Crippen molar-refractivity contribution in [1.29, 1.82) is 0 Å². The van der Waals surface area contributed by atoms with Gasteiger partial charge in [-0.25, -0.2) is 0 Å². The first-order chi connectivity index (χ1) is 6.36. The number of hydrogen-bond acceptors (Lipinski definition) is 2. The summed E-state index contributed by atoms with van der Waals surface area (Å²) in [4.78, 5) is 17.2. The molecular weight excluding hydrogens is 200 g/mol. The molecule has 0 spiro atoms. The first-order valence-electron chi connectivity index (χ1n) is 4.53. The molecule has 1 saturated heterocycles. The zero-order chi connectivity index (χ0) is 9.10. The van der Waals surface area contributed by atoms with Gasteiger partial charge in [0.05, 0.1) is 0 Å². The Bertz CT molecular complexity index is 302. The predicted octanol–water partition coefficient (Wildman–Crippen LogP) is 1.63. The third-order valence-corrected chi connectivity index (χ3v) is 2.27. The number of carbonyl (C=O) groups is 1. The second-order valence-electron chi connectivity index (χ2n) is 3.28. The van der Waals surface area contributed by atoms with Gasteiger partial charge in [0, 0.05) is 31.9 Å². The van der Waals surface area contributed by atoms with Crippen LogP contribution in [0.2, 0.25) is 0 Å². The molecule has 3 nitrogen and oxygen atoms in total. The number of nitrogens with zero attached hydrogens (tertiary/aromatic N) is 2. The molecule has 0 aliphatic carbocycles. The van der Waals surface area contributed by atoms with Crippen molar-refractivity contribution in [1.82, 2.24) is 9.88 Å². The van der Waals surface area contributed by atoms with Crippen LogP contribution in [0, 0.1) is 0 Å². The van der Waals surface area contributed by atoms with Crippen LogP contribution in [0.25, 0.3) is 0 Å². The molecule has 2 rings (SSSR count). The number of hydrogen-bond donors (Lipinski definition) is 0. The van der Waals surface area contributed by atoms with Gasteiger partial charge < -0.3 is 4.90 Å². The summed E-state index contributed by atoms with van der Waals surface area (Å²) < 4.78 is 0. The smallest absolute Gasteiger partial charge is 0.222 e. The second-order valence-corrected chi connectivity index (χ2v) is 3.28. The van der Waals surface area contributed by atoms with Crippen molar-refractivity contribution >= 4 is 18.3 Å². The van der Waals surface area contributed by atoms with Crippen LogP contribution < -0.4 is 0 Å². The van der Waals surface area contributed by atoms with Crippen LogP contribution in [0.15, 0.2) is 24.5 Å². The van der Waals surface area contributed by atoms with E-state index in [1.165, 1.54) is 0 Å². The molecule has 4 heteroatoms. The van der Waals surface area contributed by atoms with E-state index in [1.54, 1.807) is 6.20 Å². The summed E-state index contributed by atoms with van der Waals surface area (Å²) >= 11 is 0. The average Bonchev–Trinajstić information content (AvgIpc) is 2.54. The number of rotatable bonds is 2. The summed E-state index contributed by atoms with van der Waals surface area (Å²) in [6, 6.07) is 3.90. The van der Waals surface area contributed by atoms with E-state index in [9.17, 15) is 4.79 Å². The molecule has 0 radical (unpaired) electrons.